The third-order valence-corrected chi connectivity index (χ3v) is 3.05. The van der Waals surface area contributed by atoms with E-state index in [1.165, 1.54) is 5.56 Å². The van der Waals surface area contributed by atoms with E-state index in [0.29, 0.717) is 11.8 Å². The van der Waals surface area contributed by atoms with Gasteiger partial charge in [-0.25, -0.2) is 4.98 Å². The molecule has 0 spiro atoms. The number of benzene rings is 1. The van der Waals surface area contributed by atoms with E-state index in [1.807, 2.05) is 51.1 Å². The van der Waals surface area contributed by atoms with Crippen molar-refractivity contribution in [2.24, 2.45) is 0 Å². The molecule has 112 valence electrons. The number of ether oxygens (including phenoxy) is 1. The topological polar surface area (TPSA) is 47.0 Å². The summed E-state index contributed by atoms with van der Waals surface area (Å²) in [5, 5.41) is 3.98. The molecule has 0 saturated carbocycles. The van der Waals surface area contributed by atoms with Crippen LogP contribution < -0.4 is 10.1 Å². The lowest BCUT2D eigenvalue weighted by Crippen LogP contribution is -2.11. The molecule has 5 heteroatoms. The van der Waals surface area contributed by atoms with Gasteiger partial charge in [0.05, 0.1) is 6.10 Å². The Morgan fingerprint density at radius 1 is 1.19 bits per heavy atom. The zero-order valence-corrected chi connectivity index (χ0v) is 13.3. The molecule has 0 unspecified atom stereocenters. The molecule has 0 fully saturated rings. The molecular formula is C16H20ClN3O. The molecule has 1 aromatic carbocycles. The van der Waals surface area contributed by atoms with Crippen LogP contribution in [0.25, 0.3) is 0 Å². The van der Waals surface area contributed by atoms with Crippen LogP contribution in [0.3, 0.4) is 0 Å². The second-order valence-electron chi connectivity index (χ2n) is 5.14. The highest BCUT2D eigenvalue weighted by Crippen LogP contribution is 2.14. The molecule has 0 aliphatic carbocycles. The van der Waals surface area contributed by atoms with Gasteiger partial charge in [-0.1, -0.05) is 23.7 Å². The van der Waals surface area contributed by atoms with Gasteiger partial charge in [-0.3, -0.25) is 0 Å². The molecule has 2 rings (SSSR count). The fourth-order valence-corrected chi connectivity index (χ4v) is 2.02. The molecule has 0 radical (unpaired) electrons. The summed E-state index contributed by atoms with van der Waals surface area (Å²) in [7, 11) is 0. The standard InChI is InChI=1S/C16H20ClN3O/c1-11(2)21-15-10-12(3)19-16(20-15)18-9-8-13-4-6-14(17)7-5-13/h4-7,10-11H,8-9H2,1-3H3,(H,18,19,20). The first-order chi connectivity index (χ1) is 10.0. The number of hydrogen-bond acceptors (Lipinski definition) is 4. The summed E-state index contributed by atoms with van der Waals surface area (Å²) in [6.07, 6.45) is 0.982. The van der Waals surface area contributed by atoms with Crippen LogP contribution in [0.4, 0.5) is 5.95 Å². The lowest BCUT2D eigenvalue weighted by atomic mass is 10.1. The minimum atomic E-state index is 0.0983. The number of hydrogen-bond donors (Lipinski definition) is 1. The molecular weight excluding hydrogens is 286 g/mol. The maximum absolute atomic E-state index is 5.87. The van der Waals surface area contributed by atoms with Crippen molar-refractivity contribution < 1.29 is 4.74 Å². The molecule has 21 heavy (non-hydrogen) atoms. The van der Waals surface area contributed by atoms with Gasteiger partial charge in [-0.15, -0.1) is 0 Å². The van der Waals surface area contributed by atoms with Crippen LogP contribution in [0.15, 0.2) is 30.3 Å². The summed E-state index contributed by atoms with van der Waals surface area (Å²) in [5.74, 6) is 1.20. The van der Waals surface area contributed by atoms with Crippen LogP contribution in [0.2, 0.25) is 5.02 Å². The number of nitrogens with zero attached hydrogens (tertiary/aromatic N) is 2. The van der Waals surface area contributed by atoms with Crippen molar-refractivity contribution in [2.75, 3.05) is 11.9 Å². The third kappa shape index (κ3) is 5.23. The van der Waals surface area contributed by atoms with Crippen LogP contribution in [-0.2, 0) is 6.42 Å². The van der Waals surface area contributed by atoms with E-state index in [-0.39, 0.29) is 6.10 Å². The second-order valence-corrected chi connectivity index (χ2v) is 5.58. The maximum Gasteiger partial charge on any atom is 0.226 e. The fourth-order valence-electron chi connectivity index (χ4n) is 1.89. The molecule has 0 aliphatic rings. The van der Waals surface area contributed by atoms with Gasteiger partial charge in [0.25, 0.3) is 0 Å². The van der Waals surface area contributed by atoms with E-state index >= 15 is 0 Å². The van der Waals surface area contributed by atoms with Crippen molar-refractivity contribution in [1.29, 1.82) is 0 Å². The Kier molecular flexibility index (Phi) is 5.39. The summed E-state index contributed by atoms with van der Waals surface area (Å²) >= 11 is 5.87. The predicted octanol–water partition coefficient (Wildman–Crippen LogP) is 3.88. The number of halogens is 1. The SMILES string of the molecule is Cc1cc(OC(C)C)nc(NCCc2ccc(Cl)cc2)n1. The van der Waals surface area contributed by atoms with Crippen LogP contribution in [-0.4, -0.2) is 22.6 Å². The van der Waals surface area contributed by atoms with Gasteiger partial charge < -0.3 is 10.1 Å². The molecule has 0 atom stereocenters. The van der Waals surface area contributed by atoms with Gasteiger partial charge in [-0.05, 0) is 44.9 Å². The zero-order chi connectivity index (χ0) is 15.2. The number of rotatable bonds is 6. The molecule has 1 aromatic heterocycles. The molecule has 4 nitrogen and oxygen atoms in total. The van der Waals surface area contributed by atoms with Gasteiger partial charge in [-0.2, -0.15) is 4.98 Å². The first kappa shape index (κ1) is 15.6. The van der Waals surface area contributed by atoms with Gasteiger partial charge in [0.1, 0.15) is 0 Å². The normalized spacial score (nSPS) is 10.7. The molecule has 2 aromatic rings. The number of aromatic nitrogens is 2. The summed E-state index contributed by atoms with van der Waals surface area (Å²) in [6.45, 7) is 6.64. The van der Waals surface area contributed by atoms with Crippen molar-refractivity contribution in [1.82, 2.24) is 9.97 Å². The average Bonchev–Trinajstić information content (AvgIpc) is 2.39. The lowest BCUT2D eigenvalue weighted by Gasteiger charge is -2.11. The molecule has 0 saturated heterocycles. The molecule has 1 heterocycles. The quantitative estimate of drug-likeness (QED) is 0.880. The van der Waals surface area contributed by atoms with Crippen LogP contribution in [0.5, 0.6) is 5.88 Å². The van der Waals surface area contributed by atoms with Crippen LogP contribution in [0.1, 0.15) is 25.1 Å². The predicted molar refractivity (Wildman–Crippen MR) is 86.2 cm³/mol. The van der Waals surface area contributed by atoms with Gasteiger partial charge >= 0.3 is 0 Å². The number of aryl methyl sites for hydroxylation is 1. The second kappa shape index (κ2) is 7.27. The summed E-state index contributed by atoms with van der Waals surface area (Å²) in [5.41, 5.74) is 2.10. The van der Waals surface area contributed by atoms with Gasteiger partial charge in [0, 0.05) is 23.3 Å². The monoisotopic (exact) mass is 305 g/mol. The molecule has 0 aliphatic heterocycles. The van der Waals surface area contributed by atoms with E-state index in [1.54, 1.807) is 0 Å². The van der Waals surface area contributed by atoms with E-state index in [2.05, 4.69) is 15.3 Å². The van der Waals surface area contributed by atoms with Crippen molar-refractivity contribution in [2.45, 2.75) is 33.3 Å². The smallest absolute Gasteiger partial charge is 0.226 e. The molecule has 1 N–H and O–H groups in total. The van der Waals surface area contributed by atoms with Gasteiger partial charge in [0.2, 0.25) is 11.8 Å². The lowest BCUT2D eigenvalue weighted by molar-refractivity contribution is 0.232. The number of anilines is 1. The summed E-state index contributed by atoms with van der Waals surface area (Å²) < 4.78 is 5.61. The highest BCUT2D eigenvalue weighted by Gasteiger charge is 2.04. The summed E-state index contributed by atoms with van der Waals surface area (Å²) in [6, 6.07) is 9.68. The van der Waals surface area contributed by atoms with Crippen molar-refractivity contribution in [3.63, 3.8) is 0 Å². The summed E-state index contributed by atoms with van der Waals surface area (Å²) in [4.78, 5) is 8.72. The highest BCUT2D eigenvalue weighted by atomic mass is 35.5. The van der Waals surface area contributed by atoms with E-state index in [0.717, 1.165) is 23.7 Å². The Morgan fingerprint density at radius 2 is 1.90 bits per heavy atom. The van der Waals surface area contributed by atoms with Crippen LogP contribution in [0, 0.1) is 6.92 Å². The Bertz CT molecular complexity index is 585. The maximum atomic E-state index is 5.87. The molecule has 0 bridgehead atoms. The fraction of sp³-hybridized carbons (Fsp3) is 0.375. The first-order valence-corrected chi connectivity index (χ1v) is 7.41. The van der Waals surface area contributed by atoms with E-state index in [9.17, 15) is 0 Å². The average molecular weight is 306 g/mol. The minimum Gasteiger partial charge on any atom is -0.475 e. The minimum absolute atomic E-state index is 0.0983. The Balaban J connectivity index is 1.93. The highest BCUT2D eigenvalue weighted by molar-refractivity contribution is 6.30. The van der Waals surface area contributed by atoms with Gasteiger partial charge in [0.15, 0.2) is 0 Å². The van der Waals surface area contributed by atoms with Crippen molar-refractivity contribution in [3.8, 4) is 5.88 Å². The largest absolute Gasteiger partial charge is 0.475 e. The third-order valence-electron chi connectivity index (χ3n) is 2.80. The Hall–Kier alpha value is -1.81. The van der Waals surface area contributed by atoms with E-state index in [4.69, 9.17) is 16.3 Å². The Labute approximate surface area is 130 Å². The first-order valence-electron chi connectivity index (χ1n) is 7.03. The number of nitrogens with one attached hydrogen (secondary N) is 1. The van der Waals surface area contributed by atoms with Crippen LogP contribution >= 0.6 is 11.6 Å². The zero-order valence-electron chi connectivity index (χ0n) is 12.6. The van der Waals surface area contributed by atoms with E-state index < -0.39 is 0 Å². The molecule has 0 amide bonds. The Morgan fingerprint density at radius 3 is 2.57 bits per heavy atom. The van der Waals surface area contributed by atoms with Crippen molar-refractivity contribution in [3.05, 3.63) is 46.6 Å². The van der Waals surface area contributed by atoms with Crippen molar-refractivity contribution >= 4 is 17.5 Å².